The number of imidazole rings is 1. The summed E-state index contributed by atoms with van der Waals surface area (Å²) in [5, 5.41) is 4.09. The van der Waals surface area contributed by atoms with Crippen molar-refractivity contribution < 1.29 is 4.74 Å². The molecule has 0 atom stereocenters. The van der Waals surface area contributed by atoms with Crippen LogP contribution in [0.2, 0.25) is 5.02 Å². The van der Waals surface area contributed by atoms with E-state index in [0.717, 1.165) is 44.6 Å². The lowest BCUT2D eigenvalue weighted by Gasteiger charge is -2.09. The highest BCUT2D eigenvalue weighted by Crippen LogP contribution is 2.28. The van der Waals surface area contributed by atoms with Gasteiger partial charge in [0.1, 0.15) is 5.75 Å². The van der Waals surface area contributed by atoms with Crippen LogP contribution in [0.3, 0.4) is 0 Å². The van der Waals surface area contributed by atoms with Crippen molar-refractivity contribution in [2.45, 2.75) is 13.5 Å². The van der Waals surface area contributed by atoms with Crippen LogP contribution >= 0.6 is 11.6 Å². The predicted molar refractivity (Wildman–Crippen MR) is 108 cm³/mol. The molecule has 6 heteroatoms. The maximum atomic E-state index is 5.94. The molecule has 0 radical (unpaired) electrons. The molecule has 1 N–H and O–H groups in total. The molecular formula is C21H19ClN4O. The summed E-state index contributed by atoms with van der Waals surface area (Å²) in [5.74, 6) is 1.61. The molecule has 136 valence electrons. The smallest absolute Gasteiger partial charge is 0.180 e. The van der Waals surface area contributed by atoms with E-state index in [1.807, 2.05) is 60.1 Å². The number of anilines is 1. The second-order valence-electron chi connectivity index (χ2n) is 6.28. The van der Waals surface area contributed by atoms with Crippen LogP contribution in [-0.4, -0.2) is 21.5 Å². The van der Waals surface area contributed by atoms with Crippen LogP contribution < -0.4 is 10.1 Å². The molecule has 27 heavy (non-hydrogen) atoms. The first-order valence-corrected chi connectivity index (χ1v) is 8.99. The molecule has 0 saturated heterocycles. The van der Waals surface area contributed by atoms with Gasteiger partial charge in [-0.25, -0.2) is 9.97 Å². The van der Waals surface area contributed by atoms with Crippen molar-refractivity contribution in [1.82, 2.24) is 14.4 Å². The largest absolute Gasteiger partial charge is 0.496 e. The Hall–Kier alpha value is -3.05. The van der Waals surface area contributed by atoms with Gasteiger partial charge in [-0.2, -0.15) is 0 Å². The standard InChI is InChI=1S/C21H19ClN4O/c1-14-11-16(5-8-19(14)27-2)18-13-25-21-20(23-9-10-26(18)21)24-12-15-3-6-17(22)7-4-15/h3-11,13H,12H2,1-2H3,(H,23,24). The number of nitrogens with zero attached hydrogens (tertiary/aromatic N) is 3. The Labute approximate surface area is 162 Å². The Morgan fingerprint density at radius 3 is 2.67 bits per heavy atom. The summed E-state index contributed by atoms with van der Waals surface area (Å²) in [7, 11) is 1.68. The number of aromatic nitrogens is 3. The highest BCUT2D eigenvalue weighted by atomic mass is 35.5. The maximum Gasteiger partial charge on any atom is 0.180 e. The Morgan fingerprint density at radius 1 is 1.11 bits per heavy atom. The Balaban J connectivity index is 1.65. The number of hydrogen-bond donors (Lipinski definition) is 1. The molecule has 0 amide bonds. The Bertz CT molecular complexity index is 1090. The third-order valence-electron chi connectivity index (χ3n) is 4.49. The molecule has 0 fully saturated rings. The fraction of sp³-hybridized carbons (Fsp3) is 0.143. The van der Waals surface area contributed by atoms with E-state index in [9.17, 15) is 0 Å². The lowest BCUT2D eigenvalue weighted by molar-refractivity contribution is 0.412. The third-order valence-corrected chi connectivity index (χ3v) is 4.74. The van der Waals surface area contributed by atoms with E-state index in [1.54, 1.807) is 13.3 Å². The molecule has 0 bridgehead atoms. The summed E-state index contributed by atoms with van der Waals surface area (Å²) >= 11 is 5.94. The van der Waals surface area contributed by atoms with Crippen molar-refractivity contribution >= 4 is 23.1 Å². The van der Waals surface area contributed by atoms with E-state index in [1.165, 1.54) is 0 Å². The minimum Gasteiger partial charge on any atom is -0.496 e. The zero-order valence-electron chi connectivity index (χ0n) is 15.1. The molecular weight excluding hydrogens is 360 g/mol. The fourth-order valence-corrected chi connectivity index (χ4v) is 3.21. The molecule has 2 heterocycles. The number of fused-ring (bicyclic) bond motifs is 1. The van der Waals surface area contributed by atoms with Crippen LogP contribution in [0.15, 0.2) is 61.1 Å². The molecule has 4 aromatic rings. The summed E-state index contributed by atoms with van der Waals surface area (Å²) in [6, 6.07) is 13.9. The average Bonchev–Trinajstić information content (AvgIpc) is 3.12. The van der Waals surface area contributed by atoms with E-state index < -0.39 is 0 Å². The van der Waals surface area contributed by atoms with Crippen molar-refractivity contribution in [2.24, 2.45) is 0 Å². The molecule has 0 aliphatic rings. The topological polar surface area (TPSA) is 51.5 Å². The zero-order chi connectivity index (χ0) is 18.8. The number of nitrogens with one attached hydrogen (secondary N) is 1. The summed E-state index contributed by atoms with van der Waals surface area (Å²) in [6.45, 7) is 2.68. The van der Waals surface area contributed by atoms with Gasteiger partial charge in [-0.15, -0.1) is 0 Å². The van der Waals surface area contributed by atoms with Gasteiger partial charge in [0.25, 0.3) is 0 Å². The molecule has 0 unspecified atom stereocenters. The lowest BCUT2D eigenvalue weighted by Crippen LogP contribution is -2.03. The van der Waals surface area contributed by atoms with Crippen LogP contribution in [0.25, 0.3) is 16.9 Å². The summed E-state index contributed by atoms with van der Waals surface area (Å²) in [5.41, 5.74) is 5.08. The predicted octanol–water partition coefficient (Wildman–Crippen LogP) is 4.98. The van der Waals surface area contributed by atoms with Crippen molar-refractivity contribution in [3.63, 3.8) is 0 Å². The second kappa shape index (κ2) is 7.29. The van der Waals surface area contributed by atoms with Gasteiger partial charge in [0, 0.05) is 29.5 Å². The fourth-order valence-electron chi connectivity index (χ4n) is 3.08. The number of aryl methyl sites for hydroxylation is 1. The van der Waals surface area contributed by atoms with Gasteiger partial charge in [0.15, 0.2) is 11.5 Å². The van der Waals surface area contributed by atoms with Crippen LogP contribution in [0.1, 0.15) is 11.1 Å². The summed E-state index contributed by atoms with van der Waals surface area (Å²) in [6.07, 6.45) is 5.56. The number of ether oxygens (including phenoxy) is 1. The molecule has 2 aromatic carbocycles. The van der Waals surface area contributed by atoms with Gasteiger partial charge in [-0.3, -0.25) is 4.40 Å². The quantitative estimate of drug-likeness (QED) is 0.532. The zero-order valence-corrected chi connectivity index (χ0v) is 15.9. The van der Waals surface area contributed by atoms with Gasteiger partial charge in [0.05, 0.1) is 19.0 Å². The molecule has 0 aliphatic carbocycles. The van der Waals surface area contributed by atoms with Gasteiger partial charge in [0.2, 0.25) is 0 Å². The van der Waals surface area contributed by atoms with E-state index >= 15 is 0 Å². The van der Waals surface area contributed by atoms with E-state index in [2.05, 4.69) is 21.4 Å². The number of halogens is 1. The third kappa shape index (κ3) is 3.46. The molecule has 0 saturated carbocycles. The average molecular weight is 379 g/mol. The highest BCUT2D eigenvalue weighted by Gasteiger charge is 2.11. The van der Waals surface area contributed by atoms with Crippen LogP contribution in [0.5, 0.6) is 5.75 Å². The summed E-state index contributed by atoms with van der Waals surface area (Å²) in [4.78, 5) is 9.03. The molecule has 5 nitrogen and oxygen atoms in total. The van der Waals surface area contributed by atoms with Gasteiger partial charge < -0.3 is 10.1 Å². The number of benzene rings is 2. The first-order valence-electron chi connectivity index (χ1n) is 8.61. The van der Waals surface area contributed by atoms with E-state index in [-0.39, 0.29) is 0 Å². The Kier molecular flexibility index (Phi) is 4.69. The SMILES string of the molecule is COc1ccc(-c2cnc3c(NCc4ccc(Cl)cc4)nccn23)cc1C. The van der Waals surface area contributed by atoms with E-state index in [4.69, 9.17) is 16.3 Å². The van der Waals surface area contributed by atoms with Gasteiger partial charge >= 0.3 is 0 Å². The molecule has 0 aliphatic heterocycles. The van der Waals surface area contributed by atoms with Crippen molar-refractivity contribution in [1.29, 1.82) is 0 Å². The number of methoxy groups -OCH3 is 1. The summed E-state index contributed by atoms with van der Waals surface area (Å²) < 4.78 is 7.39. The lowest BCUT2D eigenvalue weighted by atomic mass is 10.1. The maximum absolute atomic E-state index is 5.94. The van der Waals surface area contributed by atoms with Gasteiger partial charge in [-0.05, 0) is 48.4 Å². The van der Waals surface area contributed by atoms with Crippen molar-refractivity contribution in [3.8, 4) is 17.0 Å². The highest BCUT2D eigenvalue weighted by molar-refractivity contribution is 6.30. The minimum absolute atomic E-state index is 0.647. The monoisotopic (exact) mass is 378 g/mol. The molecule has 2 aromatic heterocycles. The molecule has 4 rings (SSSR count). The second-order valence-corrected chi connectivity index (χ2v) is 6.71. The molecule has 0 spiro atoms. The van der Waals surface area contributed by atoms with Crippen molar-refractivity contribution in [3.05, 3.63) is 77.2 Å². The normalized spacial score (nSPS) is 10.9. The van der Waals surface area contributed by atoms with Crippen molar-refractivity contribution in [2.75, 3.05) is 12.4 Å². The van der Waals surface area contributed by atoms with Crippen LogP contribution in [0, 0.1) is 6.92 Å². The van der Waals surface area contributed by atoms with E-state index in [0.29, 0.717) is 6.54 Å². The van der Waals surface area contributed by atoms with Crippen LogP contribution in [0.4, 0.5) is 5.82 Å². The first-order chi connectivity index (χ1) is 13.2. The van der Waals surface area contributed by atoms with Crippen LogP contribution in [-0.2, 0) is 6.54 Å². The number of hydrogen-bond acceptors (Lipinski definition) is 4. The Morgan fingerprint density at radius 2 is 1.93 bits per heavy atom. The first kappa shape index (κ1) is 17.4. The van der Waals surface area contributed by atoms with Gasteiger partial charge in [-0.1, -0.05) is 23.7 Å². The minimum atomic E-state index is 0.647. The number of rotatable bonds is 5.